The lowest BCUT2D eigenvalue weighted by molar-refractivity contribution is 0.411. The standard InChI is InChI=1S/C22H24N2/c1-16-7-10-22(17(2)11-16)24(21-13-23-14-21)15-18-8-9-19-5-3-4-6-20(19)12-18/h3-12,21,23H,13-15H2,1-2H3. The molecule has 0 radical (unpaired) electrons. The van der Waals surface area contributed by atoms with Gasteiger partial charge in [0.05, 0.1) is 6.04 Å². The minimum absolute atomic E-state index is 0.581. The van der Waals surface area contributed by atoms with Crippen molar-refractivity contribution in [3.05, 3.63) is 77.4 Å². The van der Waals surface area contributed by atoms with Gasteiger partial charge in [0.25, 0.3) is 0 Å². The van der Waals surface area contributed by atoms with Gasteiger partial charge >= 0.3 is 0 Å². The van der Waals surface area contributed by atoms with Gasteiger partial charge in [0.15, 0.2) is 0 Å². The zero-order chi connectivity index (χ0) is 16.5. The fourth-order valence-corrected chi connectivity index (χ4v) is 3.57. The summed E-state index contributed by atoms with van der Waals surface area (Å²) in [5.41, 5.74) is 5.43. The molecule has 4 rings (SSSR count). The van der Waals surface area contributed by atoms with E-state index in [2.05, 4.69) is 84.7 Å². The van der Waals surface area contributed by atoms with Gasteiger partial charge in [-0.05, 0) is 47.9 Å². The summed E-state index contributed by atoms with van der Waals surface area (Å²) in [5, 5.41) is 6.05. The number of benzene rings is 3. The van der Waals surface area contributed by atoms with Gasteiger partial charge in [0, 0.05) is 25.3 Å². The van der Waals surface area contributed by atoms with Crippen molar-refractivity contribution in [1.82, 2.24) is 5.32 Å². The van der Waals surface area contributed by atoms with Crippen molar-refractivity contribution >= 4 is 16.5 Å². The molecule has 1 N–H and O–H groups in total. The van der Waals surface area contributed by atoms with E-state index in [0.29, 0.717) is 6.04 Å². The molecular weight excluding hydrogens is 292 g/mol. The van der Waals surface area contributed by atoms with E-state index in [1.165, 1.54) is 33.2 Å². The maximum atomic E-state index is 3.42. The highest BCUT2D eigenvalue weighted by Crippen LogP contribution is 2.27. The molecule has 24 heavy (non-hydrogen) atoms. The highest BCUT2D eigenvalue weighted by Gasteiger charge is 2.26. The Labute approximate surface area is 144 Å². The number of rotatable bonds is 4. The molecule has 0 aromatic heterocycles. The second-order valence-corrected chi connectivity index (χ2v) is 6.91. The Hall–Kier alpha value is -2.32. The van der Waals surface area contributed by atoms with Crippen molar-refractivity contribution in [2.24, 2.45) is 0 Å². The Morgan fingerprint density at radius 3 is 2.42 bits per heavy atom. The van der Waals surface area contributed by atoms with Crippen LogP contribution in [0.15, 0.2) is 60.7 Å². The van der Waals surface area contributed by atoms with Crippen molar-refractivity contribution in [3.8, 4) is 0 Å². The molecule has 122 valence electrons. The third-order valence-electron chi connectivity index (χ3n) is 5.03. The van der Waals surface area contributed by atoms with Gasteiger partial charge < -0.3 is 10.2 Å². The summed E-state index contributed by atoms with van der Waals surface area (Å²) in [6.45, 7) is 7.49. The molecule has 3 aromatic rings. The third-order valence-corrected chi connectivity index (χ3v) is 5.03. The molecule has 1 aliphatic heterocycles. The van der Waals surface area contributed by atoms with E-state index >= 15 is 0 Å². The number of nitrogens with one attached hydrogen (secondary N) is 1. The van der Waals surface area contributed by atoms with E-state index in [9.17, 15) is 0 Å². The van der Waals surface area contributed by atoms with Crippen LogP contribution >= 0.6 is 0 Å². The first-order valence-corrected chi connectivity index (χ1v) is 8.73. The van der Waals surface area contributed by atoms with Gasteiger partial charge in [-0.2, -0.15) is 0 Å². The number of anilines is 1. The van der Waals surface area contributed by atoms with E-state index < -0.39 is 0 Å². The maximum absolute atomic E-state index is 3.42. The Morgan fingerprint density at radius 1 is 0.917 bits per heavy atom. The first kappa shape index (κ1) is 15.2. The van der Waals surface area contributed by atoms with Crippen LogP contribution in [-0.2, 0) is 6.54 Å². The van der Waals surface area contributed by atoms with Crippen LogP contribution in [-0.4, -0.2) is 19.1 Å². The minimum Gasteiger partial charge on any atom is -0.361 e. The monoisotopic (exact) mass is 316 g/mol. The number of fused-ring (bicyclic) bond motifs is 1. The Morgan fingerprint density at radius 2 is 1.71 bits per heavy atom. The molecular formula is C22H24N2. The molecule has 2 heteroatoms. The number of aryl methyl sites for hydroxylation is 2. The van der Waals surface area contributed by atoms with Crippen molar-refractivity contribution in [2.75, 3.05) is 18.0 Å². The normalized spacial score (nSPS) is 14.6. The van der Waals surface area contributed by atoms with E-state index in [4.69, 9.17) is 0 Å². The van der Waals surface area contributed by atoms with Gasteiger partial charge in [0.2, 0.25) is 0 Å². The van der Waals surface area contributed by atoms with E-state index in [-0.39, 0.29) is 0 Å². The van der Waals surface area contributed by atoms with Gasteiger partial charge in [-0.25, -0.2) is 0 Å². The molecule has 1 aliphatic rings. The lowest BCUT2D eigenvalue weighted by Crippen LogP contribution is -2.57. The van der Waals surface area contributed by atoms with E-state index in [1.807, 2.05) is 0 Å². The van der Waals surface area contributed by atoms with Crippen LogP contribution in [0.5, 0.6) is 0 Å². The fourth-order valence-electron chi connectivity index (χ4n) is 3.57. The number of hydrogen-bond acceptors (Lipinski definition) is 2. The van der Waals surface area contributed by atoms with Crippen molar-refractivity contribution in [3.63, 3.8) is 0 Å². The summed E-state index contributed by atoms with van der Waals surface area (Å²) in [6, 6.07) is 22.8. The third kappa shape index (κ3) is 2.90. The highest BCUT2D eigenvalue weighted by atomic mass is 15.2. The molecule has 0 saturated carbocycles. The molecule has 0 bridgehead atoms. The van der Waals surface area contributed by atoms with Crippen LogP contribution in [0.4, 0.5) is 5.69 Å². The number of hydrogen-bond donors (Lipinski definition) is 1. The lowest BCUT2D eigenvalue weighted by atomic mass is 10.0. The van der Waals surface area contributed by atoms with E-state index in [1.54, 1.807) is 0 Å². The molecule has 2 nitrogen and oxygen atoms in total. The first-order chi connectivity index (χ1) is 11.7. The van der Waals surface area contributed by atoms with Crippen LogP contribution in [0.25, 0.3) is 10.8 Å². The Kier molecular flexibility index (Phi) is 3.99. The Balaban J connectivity index is 1.68. The first-order valence-electron chi connectivity index (χ1n) is 8.73. The van der Waals surface area contributed by atoms with Crippen LogP contribution in [0.2, 0.25) is 0 Å². The van der Waals surface area contributed by atoms with Crippen LogP contribution in [0, 0.1) is 13.8 Å². The molecule has 0 aliphatic carbocycles. The van der Waals surface area contributed by atoms with Crippen LogP contribution < -0.4 is 10.2 Å². The minimum atomic E-state index is 0.581. The zero-order valence-electron chi connectivity index (χ0n) is 14.4. The maximum Gasteiger partial charge on any atom is 0.0542 e. The predicted octanol–water partition coefficient (Wildman–Crippen LogP) is 4.44. The predicted molar refractivity (Wildman–Crippen MR) is 103 cm³/mol. The second-order valence-electron chi connectivity index (χ2n) is 6.91. The molecule has 0 amide bonds. The molecule has 3 aromatic carbocycles. The molecule has 1 heterocycles. The van der Waals surface area contributed by atoms with Crippen molar-refractivity contribution < 1.29 is 0 Å². The molecule has 1 saturated heterocycles. The quantitative estimate of drug-likeness (QED) is 0.766. The smallest absolute Gasteiger partial charge is 0.0542 e. The highest BCUT2D eigenvalue weighted by molar-refractivity contribution is 5.83. The average Bonchev–Trinajstić information content (AvgIpc) is 2.52. The molecule has 0 spiro atoms. The molecule has 1 fully saturated rings. The summed E-state index contributed by atoms with van der Waals surface area (Å²) in [5.74, 6) is 0. The zero-order valence-corrected chi connectivity index (χ0v) is 14.4. The van der Waals surface area contributed by atoms with Gasteiger partial charge in [-0.3, -0.25) is 0 Å². The fraction of sp³-hybridized carbons (Fsp3) is 0.273. The van der Waals surface area contributed by atoms with Gasteiger partial charge in [-0.15, -0.1) is 0 Å². The Bertz CT molecular complexity index is 865. The topological polar surface area (TPSA) is 15.3 Å². The van der Waals surface area contributed by atoms with Gasteiger partial charge in [0.1, 0.15) is 0 Å². The molecule has 0 atom stereocenters. The SMILES string of the molecule is Cc1ccc(N(Cc2ccc3ccccc3c2)C2CNC2)c(C)c1. The van der Waals surface area contributed by atoms with Gasteiger partial charge in [-0.1, -0.05) is 54.1 Å². The van der Waals surface area contributed by atoms with Crippen LogP contribution in [0.1, 0.15) is 16.7 Å². The van der Waals surface area contributed by atoms with Crippen molar-refractivity contribution in [1.29, 1.82) is 0 Å². The van der Waals surface area contributed by atoms with E-state index in [0.717, 1.165) is 19.6 Å². The van der Waals surface area contributed by atoms with Crippen LogP contribution in [0.3, 0.4) is 0 Å². The number of nitrogens with zero attached hydrogens (tertiary/aromatic N) is 1. The largest absolute Gasteiger partial charge is 0.361 e. The summed E-state index contributed by atoms with van der Waals surface area (Å²) in [7, 11) is 0. The second kappa shape index (κ2) is 6.29. The summed E-state index contributed by atoms with van der Waals surface area (Å²) in [4.78, 5) is 2.56. The summed E-state index contributed by atoms with van der Waals surface area (Å²) >= 11 is 0. The molecule has 0 unspecified atom stereocenters. The summed E-state index contributed by atoms with van der Waals surface area (Å²) < 4.78 is 0. The average molecular weight is 316 g/mol. The lowest BCUT2D eigenvalue weighted by Gasteiger charge is -2.40. The van der Waals surface area contributed by atoms with Crippen molar-refractivity contribution in [2.45, 2.75) is 26.4 Å². The summed E-state index contributed by atoms with van der Waals surface area (Å²) in [6.07, 6.45) is 0.